The molecule has 0 aromatic heterocycles. The lowest BCUT2D eigenvalue weighted by Gasteiger charge is -2.43. The minimum Gasteiger partial charge on any atom is -0.0654 e. The van der Waals surface area contributed by atoms with Crippen LogP contribution in [0.4, 0.5) is 0 Å². The van der Waals surface area contributed by atoms with Crippen molar-refractivity contribution in [3.05, 3.63) is 0 Å². The zero-order valence-electron chi connectivity index (χ0n) is 10.4. The molecule has 0 aromatic rings. The highest BCUT2D eigenvalue weighted by Gasteiger charge is 2.35. The van der Waals surface area contributed by atoms with Crippen LogP contribution in [0.5, 0.6) is 0 Å². The zero-order valence-corrected chi connectivity index (χ0v) is 10.4. The summed E-state index contributed by atoms with van der Waals surface area (Å²) in [5, 5.41) is 0. The van der Waals surface area contributed by atoms with Gasteiger partial charge in [-0.3, -0.25) is 0 Å². The van der Waals surface area contributed by atoms with Crippen LogP contribution in [0.3, 0.4) is 0 Å². The highest BCUT2D eigenvalue weighted by Crippen LogP contribution is 2.44. The summed E-state index contributed by atoms with van der Waals surface area (Å²) in [6, 6.07) is 0. The molecule has 0 N–H and O–H groups in total. The van der Waals surface area contributed by atoms with Gasteiger partial charge in [-0.2, -0.15) is 0 Å². The van der Waals surface area contributed by atoms with E-state index in [0.717, 1.165) is 17.8 Å². The Morgan fingerprint density at radius 1 is 1.00 bits per heavy atom. The summed E-state index contributed by atoms with van der Waals surface area (Å²) < 4.78 is 0. The molecule has 0 heteroatoms. The highest BCUT2D eigenvalue weighted by molar-refractivity contribution is 4.85. The Hall–Kier alpha value is 0. The predicted molar refractivity (Wildman–Crippen MR) is 64.4 cm³/mol. The van der Waals surface area contributed by atoms with E-state index in [1.165, 1.54) is 51.4 Å². The first-order chi connectivity index (χ1) is 6.79. The Morgan fingerprint density at radius 2 is 1.71 bits per heavy atom. The lowest BCUT2D eigenvalue weighted by molar-refractivity contribution is 0.0721. The Kier molecular flexibility index (Phi) is 5.59. The number of hydrogen-bond donors (Lipinski definition) is 0. The molecule has 0 bridgehead atoms. The van der Waals surface area contributed by atoms with Crippen LogP contribution in [0.15, 0.2) is 0 Å². The quantitative estimate of drug-likeness (QED) is 0.501. The molecular weight excluding hydrogens is 168 g/mol. The van der Waals surface area contributed by atoms with E-state index in [1.54, 1.807) is 0 Å². The fourth-order valence-corrected chi connectivity index (χ4v) is 3.17. The molecule has 0 saturated heterocycles. The van der Waals surface area contributed by atoms with Crippen molar-refractivity contribution in [2.45, 2.75) is 72.1 Å². The molecule has 0 aliphatic heterocycles. The summed E-state index contributed by atoms with van der Waals surface area (Å²) in [7, 11) is 0. The maximum absolute atomic E-state index is 2.43. The first kappa shape index (κ1) is 12.1. The smallest absolute Gasteiger partial charge is 0.0362 e. The van der Waals surface area contributed by atoms with Crippen molar-refractivity contribution in [2.75, 3.05) is 0 Å². The molecule has 3 atom stereocenters. The van der Waals surface area contributed by atoms with Gasteiger partial charge in [-0.15, -0.1) is 0 Å². The van der Waals surface area contributed by atoms with Gasteiger partial charge in [0.05, 0.1) is 0 Å². The summed E-state index contributed by atoms with van der Waals surface area (Å²) in [4.78, 5) is 0. The van der Waals surface area contributed by atoms with E-state index in [1.807, 2.05) is 0 Å². The maximum atomic E-state index is 2.43. The van der Waals surface area contributed by atoms with Gasteiger partial charge in [0.1, 0.15) is 0 Å². The molecule has 0 amide bonds. The second-order valence-electron chi connectivity index (χ2n) is 5.25. The van der Waals surface area contributed by atoms with Gasteiger partial charge in [0.2, 0.25) is 0 Å². The standard InChI is InChI=1S/C14H28/c1-4-6-7-8-9-10-13-11-12(3)14(13)5-2/h12-14H,4-11H2,1-3H3. The van der Waals surface area contributed by atoms with E-state index in [0.29, 0.717) is 0 Å². The second-order valence-corrected chi connectivity index (χ2v) is 5.25. The molecule has 84 valence electrons. The van der Waals surface area contributed by atoms with Crippen molar-refractivity contribution in [3.8, 4) is 0 Å². The third kappa shape index (κ3) is 3.29. The van der Waals surface area contributed by atoms with Gasteiger partial charge < -0.3 is 0 Å². The van der Waals surface area contributed by atoms with Gasteiger partial charge in [-0.05, 0) is 24.2 Å². The third-order valence-corrected chi connectivity index (χ3v) is 4.16. The third-order valence-electron chi connectivity index (χ3n) is 4.16. The Labute approximate surface area is 90.5 Å². The molecule has 0 spiro atoms. The fraction of sp³-hybridized carbons (Fsp3) is 1.00. The van der Waals surface area contributed by atoms with Crippen molar-refractivity contribution in [3.63, 3.8) is 0 Å². The first-order valence-corrected chi connectivity index (χ1v) is 6.79. The average molecular weight is 196 g/mol. The van der Waals surface area contributed by atoms with E-state index in [-0.39, 0.29) is 0 Å². The Balaban J connectivity index is 1.97. The van der Waals surface area contributed by atoms with Gasteiger partial charge in [-0.25, -0.2) is 0 Å². The van der Waals surface area contributed by atoms with Gasteiger partial charge in [-0.1, -0.05) is 65.7 Å². The normalized spacial score (nSPS) is 31.5. The Bertz CT molecular complexity index is 139. The molecule has 1 rings (SSSR count). The molecule has 1 aliphatic rings. The summed E-state index contributed by atoms with van der Waals surface area (Å²) >= 11 is 0. The van der Waals surface area contributed by atoms with Crippen molar-refractivity contribution in [2.24, 2.45) is 17.8 Å². The van der Waals surface area contributed by atoms with Gasteiger partial charge >= 0.3 is 0 Å². The molecule has 1 fully saturated rings. The number of unbranched alkanes of at least 4 members (excludes halogenated alkanes) is 4. The van der Waals surface area contributed by atoms with Crippen LogP contribution in [-0.2, 0) is 0 Å². The van der Waals surface area contributed by atoms with Gasteiger partial charge in [0.25, 0.3) is 0 Å². The molecule has 3 unspecified atom stereocenters. The average Bonchev–Trinajstić information content (AvgIpc) is 2.16. The summed E-state index contributed by atoms with van der Waals surface area (Å²) in [6.45, 7) is 7.09. The van der Waals surface area contributed by atoms with Crippen LogP contribution in [0.25, 0.3) is 0 Å². The molecule has 0 nitrogen and oxygen atoms in total. The van der Waals surface area contributed by atoms with E-state index < -0.39 is 0 Å². The molecule has 1 aliphatic carbocycles. The highest BCUT2D eigenvalue weighted by atomic mass is 14.4. The van der Waals surface area contributed by atoms with E-state index >= 15 is 0 Å². The second kappa shape index (κ2) is 6.48. The van der Waals surface area contributed by atoms with Crippen molar-refractivity contribution >= 4 is 0 Å². The largest absolute Gasteiger partial charge is 0.0654 e. The first-order valence-electron chi connectivity index (χ1n) is 6.79. The molecule has 14 heavy (non-hydrogen) atoms. The zero-order chi connectivity index (χ0) is 10.4. The van der Waals surface area contributed by atoms with Crippen LogP contribution in [0, 0.1) is 17.8 Å². The lowest BCUT2D eigenvalue weighted by Crippen LogP contribution is -2.34. The fourth-order valence-electron chi connectivity index (χ4n) is 3.17. The van der Waals surface area contributed by atoms with Crippen LogP contribution in [-0.4, -0.2) is 0 Å². The molecular formula is C14H28. The summed E-state index contributed by atoms with van der Waals surface area (Å²) in [5.74, 6) is 3.19. The summed E-state index contributed by atoms with van der Waals surface area (Å²) in [6.07, 6.45) is 11.7. The molecule has 0 heterocycles. The number of rotatable bonds is 7. The van der Waals surface area contributed by atoms with Crippen LogP contribution >= 0.6 is 0 Å². The summed E-state index contributed by atoms with van der Waals surface area (Å²) in [5.41, 5.74) is 0. The predicted octanol–water partition coefficient (Wildman–Crippen LogP) is 5.03. The van der Waals surface area contributed by atoms with E-state index in [2.05, 4.69) is 20.8 Å². The monoisotopic (exact) mass is 196 g/mol. The van der Waals surface area contributed by atoms with Crippen LogP contribution < -0.4 is 0 Å². The topological polar surface area (TPSA) is 0 Å². The molecule has 0 aromatic carbocycles. The number of hydrogen-bond acceptors (Lipinski definition) is 0. The minimum atomic E-state index is 1.03. The van der Waals surface area contributed by atoms with Crippen molar-refractivity contribution in [1.82, 2.24) is 0 Å². The van der Waals surface area contributed by atoms with Crippen molar-refractivity contribution < 1.29 is 0 Å². The lowest BCUT2D eigenvalue weighted by atomic mass is 9.63. The van der Waals surface area contributed by atoms with Gasteiger partial charge in [0, 0.05) is 0 Å². The SMILES string of the molecule is CCCCCCCC1CC(C)C1CC. The van der Waals surface area contributed by atoms with Crippen molar-refractivity contribution in [1.29, 1.82) is 0 Å². The van der Waals surface area contributed by atoms with E-state index in [9.17, 15) is 0 Å². The van der Waals surface area contributed by atoms with Gasteiger partial charge in [0.15, 0.2) is 0 Å². The van der Waals surface area contributed by atoms with Crippen LogP contribution in [0.2, 0.25) is 0 Å². The Morgan fingerprint density at radius 3 is 2.29 bits per heavy atom. The minimum absolute atomic E-state index is 1.03. The van der Waals surface area contributed by atoms with E-state index in [4.69, 9.17) is 0 Å². The maximum Gasteiger partial charge on any atom is -0.0362 e. The molecule has 1 saturated carbocycles. The van der Waals surface area contributed by atoms with Crippen LogP contribution in [0.1, 0.15) is 72.1 Å². The molecule has 0 radical (unpaired) electrons.